The first-order chi connectivity index (χ1) is 13.0. The first kappa shape index (κ1) is 22.6. The van der Waals surface area contributed by atoms with Gasteiger partial charge in [-0.1, -0.05) is 61.5 Å². The highest BCUT2D eigenvalue weighted by Crippen LogP contribution is 2.41. The van der Waals surface area contributed by atoms with Crippen LogP contribution in [0.4, 0.5) is 0 Å². The second-order valence-corrected chi connectivity index (χ2v) is 10.1. The maximum atomic E-state index is 6.06. The summed E-state index contributed by atoms with van der Waals surface area (Å²) in [6.45, 7) is 19.5. The molecule has 0 saturated carbocycles. The van der Waals surface area contributed by atoms with Gasteiger partial charge in [0.2, 0.25) is 0 Å². The first-order valence-electron chi connectivity index (χ1n) is 10.9. The second kappa shape index (κ2) is 9.20. The van der Waals surface area contributed by atoms with Crippen molar-refractivity contribution in [2.75, 3.05) is 13.2 Å². The van der Waals surface area contributed by atoms with Gasteiger partial charge in [-0.25, -0.2) is 0 Å². The van der Waals surface area contributed by atoms with Crippen LogP contribution in [0.1, 0.15) is 85.8 Å². The van der Waals surface area contributed by atoms with Crippen LogP contribution in [0.2, 0.25) is 0 Å². The van der Waals surface area contributed by atoms with Crippen LogP contribution >= 0.6 is 0 Å². The van der Waals surface area contributed by atoms with E-state index in [0.29, 0.717) is 5.92 Å². The highest BCUT2D eigenvalue weighted by Gasteiger charge is 2.28. The molecule has 0 saturated heterocycles. The Kier molecular flexibility index (Phi) is 7.42. The summed E-state index contributed by atoms with van der Waals surface area (Å²) in [5.74, 6) is 2.45. The largest absolute Gasteiger partial charge is 0.494 e. The average Bonchev–Trinajstić information content (AvgIpc) is 2.62. The maximum absolute atomic E-state index is 6.06. The molecule has 1 unspecified atom stereocenters. The van der Waals surface area contributed by atoms with E-state index in [4.69, 9.17) is 9.47 Å². The van der Waals surface area contributed by atoms with E-state index in [2.05, 4.69) is 85.7 Å². The molecule has 0 aromatic heterocycles. The summed E-state index contributed by atoms with van der Waals surface area (Å²) >= 11 is 0. The Labute approximate surface area is 173 Å². The number of rotatable bonds is 7. The van der Waals surface area contributed by atoms with E-state index in [0.717, 1.165) is 44.0 Å². The molecule has 156 valence electrons. The Morgan fingerprint density at radius 1 is 0.893 bits per heavy atom. The molecule has 0 bridgehead atoms. The SMILES string of the molecule is CCCOC1=CC(C(C)(C)C)CC(c2cc(OCCC)cc(C(C)(C)C)c2)=C1. The monoisotopic (exact) mass is 384 g/mol. The van der Waals surface area contributed by atoms with Crippen molar-refractivity contribution in [3.05, 3.63) is 47.2 Å². The van der Waals surface area contributed by atoms with E-state index >= 15 is 0 Å². The quantitative estimate of drug-likeness (QED) is 0.483. The normalized spacial score (nSPS) is 17.8. The summed E-state index contributed by atoms with van der Waals surface area (Å²) in [5.41, 5.74) is 4.20. The van der Waals surface area contributed by atoms with Crippen LogP contribution in [0.5, 0.6) is 5.75 Å². The van der Waals surface area contributed by atoms with E-state index in [1.54, 1.807) is 0 Å². The molecular formula is C26H40O2. The van der Waals surface area contributed by atoms with Crippen molar-refractivity contribution < 1.29 is 9.47 Å². The lowest BCUT2D eigenvalue weighted by Gasteiger charge is -2.33. The van der Waals surface area contributed by atoms with Gasteiger partial charge in [0.1, 0.15) is 11.5 Å². The summed E-state index contributed by atoms with van der Waals surface area (Å²) in [7, 11) is 0. The fourth-order valence-electron chi connectivity index (χ4n) is 3.36. The lowest BCUT2D eigenvalue weighted by Crippen LogP contribution is -2.22. The molecule has 0 fully saturated rings. The third-order valence-corrected chi connectivity index (χ3v) is 5.32. The molecule has 1 atom stereocenters. The fourth-order valence-corrected chi connectivity index (χ4v) is 3.36. The van der Waals surface area contributed by atoms with Gasteiger partial charge in [-0.05, 0) is 77.0 Å². The Morgan fingerprint density at radius 2 is 1.54 bits per heavy atom. The van der Waals surface area contributed by atoms with E-state index in [-0.39, 0.29) is 10.8 Å². The molecule has 28 heavy (non-hydrogen) atoms. The Morgan fingerprint density at radius 3 is 2.11 bits per heavy atom. The Hall–Kier alpha value is -1.70. The predicted octanol–water partition coefficient (Wildman–Crippen LogP) is 7.53. The van der Waals surface area contributed by atoms with Crippen LogP contribution in [0.3, 0.4) is 0 Å². The standard InChI is InChI=1S/C26H40O2/c1-9-11-27-23-15-19(13-21(17-23)25(3,4)5)20-14-22(26(6,7)8)18-24(16-20)28-12-10-2/h13,15-18,22H,9-12,14H2,1-8H3. The van der Waals surface area contributed by atoms with Crippen molar-refractivity contribution in [3.8, 4) is 5.75 Å². The molecule has 0 heterocycles. The zero-order valence-corrected chi connectivity index (χ0v) is 19.3. The van der Waals surface area contributed by atoms with Crippen LogP contribution < -0.4 is 4.74 Å². The maximum Gasteiger partial charge on any atom is 0.120 e. The van der Waals surface area contributed by atoms with Crippen LogP contribution in [0.25, 0.3) is 5.57 Å². The molecule has 0 N–H and O–H groups in total. The highest BCUT2D eigenvalue weighted by molar-refractivity contribution is 5.71. The fraction of sp³-hybridized carbons (Fsp3) is 0.615. The molecule has 2 nitrogen and oxygen atoms in total. The van der Waals surface area contributed by atoms with Gasteiger partial charge in [-0.2, -0.15) is 0 Å². The van der Waals surface area contributed by atoms with Crippen LogP contribution in [-0.4, -0.2) is 13.2 Å². The first-order valence-corrected chi connectivity index (χ1v) is 10.9. The van der Waals surface area contributed by atoms with Crippen molar-refractivity contribution >= 4 is 5.57 Å². The molecule has 0 amide bonds. The van der Waals surface area contributed by atoms with Crippen LogP contribution in [0, 0.1) is 11.3 Å². The zero-order chi connectivity index (χ0) is 20.9. The number of benzene rings is 1. The molecule has 0 radical (unpaired) electrons. The molecule has 1 aromatic carbocycles. The number of hydrogen-bond acceptors (Lipinski definition) is 2. The van der Waals surface area contributed by atoms with Gasteiger partial charge in [0.25, 0.3) is 0 Å². The van der Waals surface area contributed by atoms with Crippen LogP contribution in [-0.2, 0) is 10.2 Å². The van der Waals surface area contributed by atoms with Crippen molar-refractivity contribution in [1.82, 2.24) is 0 Å². The lowest BCUT2D eigenvalue weighted by atomic mass is 9.73. The topological polar surface area (TPSA) is 18.5 Å². The van der Waals surface area contributed by atoms with E-state index < -0.39 is 0 Å². The van der Waals surface area contributed by atoms with Gasteiger partial charge in [-0.3, -0.25) is 0 Å². The Bertz CT molecular complexity index is 711. The summed E-state index contributed by atoms with van der Waals surface area (Å²) in [6.07, 6.45) is 7.63. The van der Waals surface area contributed by atoms with E-state index in [1.165, 1.54) is 16.7 Å². The minimum atomic E-state index is 0.0797. The van der Waals surface area contributed by atoms with Crippen molar-refractivity contribution in [2.45, 2.75) is 80.1 Å². The second-order valence-electron chi connectivity index (χ2n) is 10.1. The van der Waals surface area contributed by atoms with Crippen molar-refractivity contribution in [1.29, 1.82) is 0 Å². The van der Waals surface area contributed by atoms with Crippen molar-refractivity contribution in [3.63, 3.8) is 0 Å². The molecule has 0 spiro atoms. The summed E-state index contributed by atoms with van der Waals surface area (Å²) in [5, 5.41) is 0. The zero-order valence-electron chi connectivity index (χ0n) is 19.3. The van der Waals surface area contributed by atoms with Gasteiger partial charge < -0.3 is 9.47 Å². The summed E-state index contributed by atoms with van der Waals surface area (Å²) in [4.78, 5) is 0. The third kappa shape index (κ3) is 6.15. The van der Waals surface area contributed by atoms with Gasteiger partial charge in [0, 0.05) is 0 Å². The third-order valence-electron chi connectivity index (χ3n) is 5.32. The summed E-state index contributed by atoms with van der Waals surface area (Å²) in [6, 6.07) is 6.75. The van der Waals surface area contributed by atoms with Gasteiger partial charge in [0.05, 0.1) is 13.2 Å². The average molecular weight is 385 g/mol. The smallest absolute Gasteiger partial charge is 0.120 e. The highest BCUT2D eigenvalue weighted by atomic mass is 16.5. The van der Waals surface area contributed by atoms with Crippen LogP contribution in [0.15, 0.2) is 36.1 Å². The molecule has 0 aliphatic heterocycles. The molecule has 1 aliphatic carbocycles. The number of ether oxygens (including phenoxy) is 2. The molecule has 1 aromatic rings. The van der Waals surface area contributed by atoms with E-state index in [9.17, 15) is 0 Å². The Balaban J connectivity index is 2.47. The molecule has 1 aliphatic rings. The summed E-state index contributed by atoms with van der Waals surface area (Å²) < 4.78 is 12.1. The number of hydrogen-bond donors (Lipinski definition) is 0. The van der Waals surface area contributed by atoms with Gasteiger partial charge in [-0.15, -0.1) is 0 Å². The predicted molar refractivity (Wildman–Crippen MR) is 121 cm³/mol. The molecular weight excluding hydrogens is 344 g/mol. The molecule has 2 heteroatoms. The number of allylic oxidation sites excluding steroid dienone is 3. The minimum absolute atomic E-state index is 0.0797. The lowest BCUT2D eigenvalue weighted by molar-refractivity contribution is 0.210. The minimum Gasteiger partial charge on any atom is -0.494 e. The van der Waals surface area contributed by atoms with Gasteiger partial charge >= 0.3 is 0 Å². The van der Waals surface area contributed by atoms with Gasteiger partial charge in [0.15, 0.2) is 0 Å². The molecule has 2 rings (SSSR count). The van der Waals surface area contributed by atoms with Crippen molar-refractivity contribution in [2.24, 2.45) is 11.3 Å². The van der Waals surface area contributed by atoms with E-state index in [1.807, 2.05) is 0 Å².